The van der Waals surface area contributed by atoms with Crippen LogP contribution in [0.2, 0.25) is 0 Å². The van der Waals surface area contributed by atoms with Crippen molar-refractivity contribution in [2.75, 3.05) is 11.4 Å². The monoisotopic (exact) mass is 315 g/mol. The number of nitrogens with zero attached hydrogens (tertiary/aromatic N) is 1. The van der Waals surface area contributed by atoms with E-state index in [-0.39, 0.29) is 17.0 Å². The normalized spacial score (nSPS) is 14.7. The Bertz CT molecular complexity index is 671. The minimum Gasteiger partial charge on any atom is -0.311 e. The fraction of sp³-hybridized carbons (Fsp3) is 0.278. The Kier molecular flexibility index (Phi) is 4.48. The quantitative estimate of drug-likeness (QED) is 0.849. The second kappa shape index (κ2) is 6.53. The highest BCUT2D eigenvalue weighted by Gasteiger charge is 2.27. The molecule has 114 valence electrons. The third kappa shape index (κ3) is 3.17. The molecule has 2 aromatic rings. The Labute approximate surface area is 134 Å². The molecule has 0 unspecified atom stereocenters. The fourth-order valence-corrected chi connectivity index (χ4v) is 3.56. The molecule has 1 aliphatic heterocycles. The lowest BCUT2D eigenvalue weighted by molar-refractivity contribution is -0.117. The van der Waals surface area contributed by atoms with Crippen molar-refractivity contribution in [1.29, 1.82) is 0 Å². The summed E-state index contributed by atoms with van der Waals surface area (Å²) < 4.78 is 12.9. The van der Waals surface area contributed by atoms with E-state index in [1.165, 1.54) is 17.7 Å². The first kappa shape index (κ1) is 15.1. The van der Waals surface area contributed by atoms with Crippen LogP contribution in [-0.4, -0.2) is 17.7 Å². The fourth-order valence-electron chi connectivity index (χ4n) is 2.66. The van der Waals surface area contributed by atoms with Crippen molar-refractivity contribution in [2.45, 2.75) is 24.3 Å². The summed E-state index contributed by atoms with van der Waals surface area (Å²) in [6.45, 7) is 2.71. The van der Waals surface area contributed by atoms with Gasteiger partial charge in [-0.1, -0.05) is 30.3 Å². The lowest BCUT2D eigenvalue weighted by Crippen LogP contribution is -2.35. The van der Waals surface area contributed by atoms with Crippen LogP contribution >= 0.6 is 11.8 Å². The van der Waals surface area contributed by atoms with Crippen molar-refractivity contribution >= 4 is 23.4 Å². The predicted molar refractivity (Wildman–Crippen MR) is 89.7 cm³/mol. The maximum Gasteiger partial charge on any atom is 0.239 e. The van der Waals surface area contributed by atoms with Crippen LogP contribution in [0.4, 0.5) is 10.1 Å². The number of halogens is 1. The van der Waals surface area contributed by atoms with Crippen molar-refractivity contribution < 1.29 is 9.18 Å². The zero-order chi connectivity index (χ0) is 15.5. The average Bonchev–Trinajstić information content (AvgIpc) is 2.97. The molecule has 0 saturated heterocycles. The maximum atomic E-state index is 12.9. The predicted octanol–water partition coefficient (Wildman–Crippen LogP) is 4.04. The first-order valence-electron chi connectivity index (χ1n) is 7.40. The van der Waals surface area contributed by atoms with Crippen LogP contribution in [0.3, 0.4) is 0 Å². The van der Waals surface area contributed by atoms with Gasteiger partial charge >= 0.3 is 0 Å². The summed E-state index contributed by atoms with van der Waals surface area (Å²) in [5.41, 5.74) is 3.32. The Hall–Kier alpha value is -1.81. The molecule has 4 heteroatoms. The molecule has 3 rings (SSSR count). The van der Waals surface area contributed by atoms with Gasteiger partial charge in [0, 0.05) is 18.0 Å². The first-order chi connectivity index (χ1) is 10.6. The van der Waals surface area contributed by atoms with Gasteiger partial charge in [0.05, 0.1) is 5.25 Å². The summed E-state index contributed by atoms with van der Waals surface area (Å²) in [5, 5.41) is -0.115. The number of hydrogen-bond acceptors (Lipinski definition) is 2. The van der Waals surface area contributed by atoms with Crippen molar-refractivity contribution in [2.24, 2.45) is 0 Å². The number of fused-ring (bicyclic) bond motifs is 1. The van der Waals surface area contributed by atoms with Gasteiger partial charge in [0.1, 0.15) is 5.82 Å². The van der Waals surface area contributed by atoms with Crippen LogP contribution in [0.15, 0.2) is 48.5 Å². The standard InChI is InChI=1S/C18H18FNOS/c1-13(22-12-14-6-8-16(19)9-7-14)18(21)20-11-10-15-4-2-3-5-17(15)20/h2-9,13H,10-12H2,1H3/t13-/m0/s1. The number of rotatable bonds is 4. The largest absolute Gasteiger partial charge is 0.311 e. The molecule has 0 saturated carbocycles. The second-order valence-corrected chi connectivity index (χ2v) is 6.78. The molecule has 22 heavy (non-hydrogen) atoms. The van der Waals surface area contributed by atoms with Gasteiger partial charge in [-0.15, -0.1) is 11.8 Å². The lowest BCUT2D eigenvalue weighted by atomic mass is 10.2. The summed E-state index contributed by atoms with van der Waals surface area (Å²) in [4.78, 5) is 14.5. The van der Waals surface area contributed by atoms with Gasteiger partial charge in [-0.2, -0.15) is 0 Å². The highest BCUT2D eigenvalue weighted by Crippen LogP contribution is 2.30. The third-order valence-electron chi connectivity index (χ3n) is 3.91. The molecule has 1 amide bonds. The van der Waals surface area contributed by atoms with E-state index in [4.69, 9.17) is 0 Å². The van der Waals surface area contributed by atoms with Gasteiger partial charge in [-0.05, 0) is 42.7 Å². The topological polar surface area (TPSA) is 20.3 Å². The summed E-state index contributed by atoms with van der Waals surface area (Å²) in [6, 6.07) is 14.5. The maximum absolute atomic E-state index is 12.9. The van der Waals surface area contributed by atoms with E-state index in [1.54, 1.807) is 23.9 Å². The minimum atomic E-state index is -0.230. The van der Waals surface area contributed by atoms with Gasteiger partial charge in [-0.3, -0.25) is 4.79 Å². The molecule has 0 spiro atoms. The molecule has 2 nitrogen and oxygen atoms in total. The summed E-state index contributed by atoms with van der Waals surface area (Å²) in [6.07, 6.45) is 0.928. The number of amides is 1. The molecule has 1 heterocycles. The van der Waals surface area contributed by atoms with Gasteiger partial charge in [0.15, 0.2) is 0 Å². The smallest absolute Gasteiger partial charge is 0.239 e. The molecular weight excluding hydrogens is 297 g/mol. The van der Waals surface area contributed by atoms with Gasteiger partial charge < -0.3 is 4.90 Å². The number of hydrogen-bond donors (Lipinski definition) is 0. The summed E-state index contributed by atoms with van der Waals surface area (Å²) in [7, 11) is 0. The van der Waals surface area contributed by atoms with Gasteiger partial charge in [-0.25, -0.2) is 4.39 Å². The molecule has 0 radical (unpaired) electrons. The second-order valence-electron chi connectivity index (χ2n) is 5.45. The Balaban J connectivity index is 1.62. The first-order valence-corrected chi connectivity index (χ1v) is 8.45. The molecule has 1 aliphatic rings. The Morgan fingerprint density at radius 2 is 1.95 bits per heavy atom. The summed E-state index contributed by atoms with van der Waals surface area (Å²) in [5.74, 6) is 0.631. The summed E-state index contributed by atoms with van der Waals surface area (Å²) >= 11 is 1.59. The number of carbonyl (C=O) groups is 1. The van der Waals surface area contributed by atoms with Crippen LogP contribution in [0, 0.1) is 5.82 Å². The zero-order valence-corrected chi connectivity index (χ0v) is 13.3. The van der Waals surface area contributed by atoms with E-state index in [2.05, 4.69) is 6.07 Å². The van der Waals surface area contributed by atoms with Gasteiger partial charge in [0.25, 0.3) is 0 Å². The van der Waals surface area contributed by atoms with E-state index in [9.17, 15) is 9.18 Å². The number of benzene rings is 2. The SMILES string of the molecule is C[C@H](SCc1ccc(F)cc1)C(=O)N1CCc2ccccc21. The molecule has 2 aromatic carbocycles. The third-order valence-corrected chi connectivity index (χ3v) is 5.12. The highest BCUT2D eigenvalue weighted by molar-refractivity contribution is 7.99. The van der Waals surface area contributed by atoms with Gasteiger partial charge in [0.2, 0.25) is 5.91 Å². The molecule has 0 aromatic heterocycles. The van der Waals surface area contributed by atoms with E-state index in [1.807, 2.05) is 30.0 Å². The van der Waals surface area contributed by atoms with Crippen LogP contribution in [0.25, 0.3) is 0 Å². The van der Waals surface area contributed by atoms with Crippen LogP contribution in [-0.2, 0) is 17.0 Å². The minimum absolute atomic E-state index is 0.115. The van der Waals surface area contributed by atoms with Crippen molar-refractivity contribution in [3.05, 3.63) is 65.5 Å². The molecule has 0 fully saturated rings. The molecule has 0 aliphatic carbocycles. The Morgan fingerprint density at radius 1 is 1.23 bits per heavy atom. The molecule has 1 atom stereocenters. The van der Waals surface area contributed by atoms with E-state index < -0.39 is 0 Å². The molecule has 0 N–H and O–H groups in total. The highest BCUT2D eigenvalue weighted by atomic mass is 32.2. The molecular formula is C18H18FNOS. The number of anilines is 1. The van der Waals surface area contributed by atoms with E-state index in [0.29, 0.717) is 5.75 Å². The number of carbonyl (C=O) groups excluding carboxylic acids is 1. The average molecular weight is 315 g/mol. The van der Waals surface area contributed by atoms with Crippen molar-refractivity contribution in [3.8, 4) is 0 Å². The van der Waals surface area contributed by atoms with Crippen molar-refractivity contribution in [1.82, 2.24) is 0 Å². The van der Waals surface area contributed by atoms with E-state index >= 15 is 0 Å². The van der Waals surface area contributed by atoms with Crippen LogP contribution in [0.1, 0.15) is 18.1 Å². The van der Waals surface area contributed by atoms with Crippen molar-refractivity contribution in [3.63, 3.8) is 0 Å². The van der Waals surface area contributed by atoms with Crippen LogP contribution in [0.5, 0.6) is 0 Å². The number of thioether (sulfide) groups is 1. The van der Waals surface area contributed by atoms with Crippen LogP contribution < -0.4 is 4.90 Å². The van der Waals surface area contributed by atoms with E-state index in [0.717, 1.165) is 24.2 Å². The lowest BCUT2D eigenvalue weighted by Gasteiger charge is -2.21. The Morgan fingerprint density at radius 3 is 2.73 bits per heavy atom. The zero-order valence-electron chi connectivity index (χ0n) is 12.5. The number of para-hydroxylation sites is 1. The molecule has 0 bridgehead atoms.